The largest absolute Gasteiger partial charge is 0.478 e. The van der Waals surface area contributed by atoms with Gasteiger partial charge < -0.3 is 26.2 Å². The first-order chi connectivity index (χ1) is 22.9. The molecular weight excluding hydrogens is 612 g/mol. The van der Waals surface area contributed by atoms with Crippen LogP contribution in [0.5, 0.6) is 0 Å². The Morgan fingerprint density at radius 3 is 2.30 bits per heavy atom. The van der Waals surface area contributed by atoms with Crippen LogP contribution in [0.3, 0.4) is 0 Å². The number of carboxylic acid groups (broad SMARTS) is 1. The van der Waals surface area contributed by atoms with Gasteiger partial charge in [0.15, 0.2) is 0 Å². The number of aliphatic hydroxyl groups is 1. The van der Waals surface area contributed by atoms with E-state index < -0.39 is 5.97 Å². The van der Waals surface area contributed by atoms with Crippen molar-refractivity contribution in [2.75, 3.05) is 36.9 Å². The first kappa shape index (κ1) is 32.6. The molecule has 0 bridgehead atoms. The maximum absolute atomic E-state index is 13.8. The summed E-state index contributed by atoms with van der Waals surface area (Å²) in [6.07, 6.45) is 5.34. The Morgan fingerprint density at radius 2 is 1.57 bits per heavy atom. The lowest BCUT2D eigenvalue weighted by Gasteiger charge is -2.35. The van der Waals surface area contributed by atoms with Gasteiger partial charge in [-0.25, -0.2) is 4.79 Å². The van der Waals surface area contributed by atoms with Gasteiger partial charge in [-0.15, -0.1) is 11.3 Å². The number of benzene rings is 3. The van der Waals surface area contributed by atoms with Crippen LogP contribution in [0.2, 0.25) is 0 Å². The number of fused-ring (bicyclic) bond motifs is 1. The number of aromatic carboxylic acids is 1. The lowest BCUT2D eigenvalue weighted by Crippen LogP contribution is -2.52. The Labute approximate surface area is 278 Å². The third-order valence-electron chi connectivity index (χ3n) is 9.00. The summed E-state index contributed by atoms with van der Waals surface area (Å²) >= 11 is 1.50. The van der Waals surface area contributed by atoms with Crippen molar-refractivity contribution in [3.8, 4) is 0 Å². The molecule has 1 aliphatic heterocycles. The van der Waals surface area contributed by atoms with E-state index in [1.165, 1.54) is 11.3 Å². The zero-order chi connectivity index (χ0) is 32.8. The molecule has 6 rings (SSSR count). The summed E-state index contributed by atoms with van der Waals surface area (Å²) < 4.78 is 0. The molecule has 3 aromatic carbocycles. The van der Waals surface area contributed by atoms with E-state index in [2.05, 4.69) is 20.9 Å². The monoisotopic (exact) mass is 652 g/mol. The zero-order valence-electron chi connectivity index (χ0n) is 26.3. The van der Waals surface area contributed by atoms with Gasteiger partial charge in [-0.1, -0.05) is 36.4 Å². The van der Waals surface area contributed by atoms with Crippen LogP contribution in [-0.4, -0.2) is 65.2 Å². The van der Waals surface area contributed by atoms with Gasteiger partial charge in [-0.05, 0) is 97.2 Å². The number of hydrogen-bond donors (Lipinski definition) is 5. The molecule has 1 aliphatic carbocycles. The van der Waals surface area contributed by atoms with E-state index >= 15 is 0 Å². The number of anilines is 2. The lowest BCUT2D eigenvalue weighted by atomic mass is 9.95. The van der Waals surface area contributed by atoms with Crippen molar-refractivity contribution >= 4 is 39.8 Å². The second-order valence-electron chi connectivity index (χ2n) is 12.2. The number of nitrogens with zero attached hydrogens (tertiary/aromatic N) is 1. The Hall–Kier alpha value is -4.35. The average molecular weight is 653 g/mol. The number of carboxylic acids is 1. The minimum absolute atomic E-state index is 0.0425. The van der Waals surface area contributed by atoms with Crippen molar-refractivity contribution < 1.29 is 24.6 Å². The molecule has 2 amide bonds. The minimum Gasteiger partial charge on any atom is -0.478 e. The Bertz CT molecular complexity index is 1730. The van der Waals surface area contributed by atoms with Crippen LogP contribution in [-0.2, 0) is 32.2 Å². The van der Waals surface area contributed by atoms with E-state index in [1.807, 2.05) is 54.6 Å². The number of carbonyl (C=O) groups is 3. The van der Waals surface area contributed by atoms with Gasteiger partial charge in [-0.2, -0.15) is 0 Å². The number of amides is 2. The first-order valence-electron chi connectivity index (χ1n) is 16.2. The molecule has 9 nitrogen and oxygen atoms in total. The van der Waals surface area contributed by atoms with Gasteiger partial charge in [0.2, 0.25) is 0 Å². The fraction of sp³-hybridized carbons (Fsp3) is 0.324. The number of aliphatic hydroxyl groups excluding tert-OH is 1. The molecule has 47 heavy (non-hydrogen) atoms. The SMILES string of the molecule is O=C(O)c1ccc(CCc2ccc(NC(=O)c3c(NC(=O)c4cccc(CN5CCNCC5CO)c4)sc4c3CCCC4)cc2)cc1. The maximum atomic E-state index is 13.8. The highest BCUT2D eigenvalue weighted by Crippen LogP contribution is 2.39. The number of thiophene rings is 1. The number of hydrogen-bond acceptors (Lipinski definition) is 7. The average Bonchev–Trinajstić information content (AvgIpc) is 3.46. The molecule has 2 heterocycles. The highest BCUT2D eigenvalue weighted by molar-refractivity contribution is 7.17. The third-order valence-corrected chi connectivity index (χ3v) is 10.2. The standard InChI is InChI=1S/C37H40N4O5S/c42-23-30-21-38-18-19-41(30)22-26-4-3-5-28(20-26)34(43)40-36-33(31-6-1-2-7-32(31)47-36)35(44)39-29-16-12-25(13-17-29)9-8-24-10-14-27(15-11-24)37(45)46/h3-5,10-17,20,30,38,42H,1-2,6-9,18-19,21-23H2,(H,39,44)(H,40,43)(H,45,46). The minimum atomic E-state index is -0.934. The van der Waals surface area contributed by atoms with Crippen LogP contribution in [0.4, 0.5) is 10.7 Å². The summed E-state index contributed by atoms with van der Waals surface area (Å²) in [7, 11) is 0. The van der Waals surface area contributed by atoms with Crippen molar-refractivity contribution in [1.29, 1.82) is 0 Å². The second-order valence-corrected chi connectivity index (χ2v) is 13.3. The van der Waals surface area contributed by atoms with E-state index in [1.54, 1.807) is 18.2 Å². The van der Waals surface area contributed by atoms with Gasteiger partial charge in [0.05, 0.1) is 17.7 Å². The fourth-order valence-electron chi connectivity index (χ4n) is 6.36. The highest BCUT2D eigenvalue weighted by Gasteiger charge is 2.27. The molecular formula is C37H40N4O5S. The number of rotatable bonds is 11. The fourth-order valence-corrected chi connectivity index (χ4v) is 7.64. The summed E-state index contributed by atoms with van der Waals surface area (Å²) in [5.41, 5.74) is 6.24. The van der Waals surface area contributed by atoms with Crippen molar-refractivity contribution in [2.24, 2.45) is 0 Å². The zero-order valence-corrected chi connectivity index (χ0v) is 27.1. The first-order valence-corrected chi connectivity index (χ1v) is 17.0. The molecule has 0 spiro atoms. The van der Waals surface area contributed by atoms with E-state index in [0.29, 0.717) is 28.4 Å². The number of nitrogens with one attached hydrogen (secondary N) is 3. The molecule has 10 heteroatoms. The summed E-state index contributed by atoms with van der Waals surface area (Å²) in [4.78, 5) is 41.8. The molecule has 1 saturated heterocycles. The van der Waals surface area contributed by atoms with Gasteiger partial charge in [0, 0.05) is 48.3 Å². The van der Waals surface area contributed by atoms with E-state index in [0.717, 1.165) is 85.3 Å². The predicted molar refractivity (Wildman–Crippen MR) is 185 cm³/mol. The molecule has 1 atom stereocenters. The number of piperazine rings is 1. The highest BCUT2D eigenvalue weighted by atomic mass is 32.1. The van der Waals surface area contributed by atoms with Crippen LogP contribution in [0.25, 0.3) is 0 Å². The molecule has 5 N–H and O–H groups in total. The van der Waals surface area contributed by atoms with Crippen molar-refractivity contribution in [3.63, 3.8) is 0 Å². The number of aryl methyl sites for hydroxylation is 3. The number of carbonyl (C=O) groups excluding carboxylic acids is 2. The van der Waals surface area contributed by atoms with Crippen LogP contribution in [0, 0.1) is 0 Å². The van der Waals surface area contributed by atoms with Gasteiger partial charge in [0.1, 0.15) is 5.00 Å². The summed E-state index contributed by atoms with van der Waals surface area (Å²) in [6.45, 7) is 3.15. The topological polar surface area (TPSA) is 131 Å². The second kappa shape index (κ2) is 15.0. The van der Waals surface area contributed by atoms with Gasteiger partial charge in [0.25, 0.3) is 11.8 Å². The van der Waals surface area contributed by atoms with E-state index in [9.17, 15) is 19.5 Å². The quantitative estimate of drug-likeness (QED) is 0.147. The Morgan fingerprint density at radius 1 is 0.851 bits per heavy atom. The van der Waals surface area contributed by atoms with E-state index in [-0.39, 0.29) is 30.0 Å². The molecule has 4 aromatic rings. The summed E-state index contributed by atoms with van der Waals surface area (Å²) in [5, 5.41) is 28.9. The van der Waals surface area contributed by atoms with E-state index in [4.69, 9.17) is 5.11 Å². The Kier molecular flexibility index (Phi) is 10.4. The smallest absolute Gasteiger partial charge is 0.335 e. The molecule has 2 aliphatic rings. The van der Waals surface area contributed by atoms with Crippen LogP contribution >= 0.6 is 11.3 Å². The van der Waals surface area contributed by atoms with Gasteiger partial charge in [-0.3, -0.25) is 14.5 Å². The Balaban J connectivity index is 1.13. The predicted octanol–water partition coefficient (Wildman–Crippen LogP) is 5.38. The third kappa shape index (κ3) is 7.97. The van der Waals surface area contributed by atoms with Crippen molar-refractivity contribution in [3.05, 3.63) is 117 Å². The van der Waals surface area contributed by atoms with Crippen LogP contribution < -0.4 is 16.0 Å². The molecule has 0 saturated carbocycles. The molecule has 1 unspecified atom stereocenters. The molecule has 244 valence electrons. The van der Waals surface area contributed by atoms with Crippen molar-refractivity contribution in [2.45, 2.75) is 51.1 Å². The maximum Gasteiger partial charge on any atom is 0.335 e. The molecule has 0 radical (unpaired) electrons. The van der Waals surface area contributed by atoms with Gasteiger partial charge >= 0.3 is 5.97 Å². The summed E-state index contributed by atoms with van der Waals surface area (Å²) in [6, 6.07) is 22.3. The lowest BCUT2D eigenvalue weighted by molar-refractivity contribution is 0.0696. The summed E-state index contributed by atoms with van der Waals surface area (Å²) in [5.74, 6) is -1.41. The van der Waals surface area contributed by atoms with Crippen molar-refractivity contribution in [1.82, 2.24) is 10.2 Å². The normalized spacial score (nSPS) is 16.3. The molecule has 1 aromatic heterocycles. The van der Waals surface area contributed by atoms with Crippen LogP contribution in [0.1, 0.15) is 71.0 Å². The van der Waals surface area contributed by atoms with Crippen LogP contribution in [0.15, 0.2) is 72.8 Å². The molecule has 1 fully saturated rings.